The van der Waals surface area contributed by atoms with Crippen LogP contribution in [0.25, 0.3) is 6.08 Å². The van der Waals surface area contributed by atoms with Crippen LogP contribution in [0.1, 0.15) is 26.3 Å². The van der Waals surface area contributed by atoms with Crippen molar-refractivity contribution in [1.29, 1.82) is 0 Å². The molecule has 0 radical (unpaired) electrons. The van der Waals surface area contributed by atoms with E-state index in [-0.39, 0.29) is 70.5 Å². The molecule has 0 aromatic heterocycles. The average Bonchev–Trinajstić information content (AvgIpc) is 2.58. The third kappa shape index (κ3) is 7.86. The minimum Gasteiger partial charge on any atom is -0.482 e. The number of carbonyl (C=O) groups excluding carboxylic acids is 1. The molecule has 2 rings (SSSR count). The molecule has 0 fully saturated rings. The Labute approximate surface area is 194 Å². The van der Waals surface area contributed by atoms with Crippen molar-refractivity contribution in [1.82, 2.24) is 0 Å². The molecule has 8 heteroatoms. The van der Waals surface area contributed by atoms with Crippen molar-refractivity contribution in [2.24, 2.45) is 0 Å². The topological polar surface area (TPSA) is 101 Å². The molecule has 0 saturated carbocycles. The molecule has 2 aromatic rings. The van der Waals surface area contributed by atoms with E-state index in [4.69, 9.17) is 14.9 Å². The number of rotatable bonds is 7. The first-order chi connectivity index (χ1) is 11.5. The van der Waals surface area contributed by atoms with E-state index in [1.807, 2.05) is 0 Å². The summed E-state index contributed by atoms with van der Waals surface area (Å²) in [6.07, 6.45) is 2.98. The van der Waals surface area contributed by atoms with Crippen molar-refractivity contribution in [3.05, 3.63) is 71.3 Å². The second-order valence-corrected chi connectivity index (χ2v) is 4.83. The normalized spacial score (nSPS) is 9.69. The minimum absolute atomic E-state index is 0. The minimum atomic E-state index is -1.06. The van der Waals surface area contributed by atoms with Gasteiger partial charge in [-0.05, 0) is 35.9 Å². The molecule has 0 aliphatic carbocycles. The number of carboxylic acids is 2. The maximum Gasteiger partial charge on any atom is 1.00 e. The molecule has 2 aromatic carbocycles. The summed E-state index contributed by atoms with van der Waals surface area (Å²) < 4.78 is 5.01. The van der Waals surface area contributed by atoms with Crippen LogP contribution in [-0.4, -0.2) is 34.5 Å². The molecule has 0 aliphatic heterocycles. The van der Waals surface area contributed by atoms with E-state index in [1.165, 1.54) is 30.3 Å². The number of ether oxygens (including phenoxy) is 1. The Balaban J connectivity index is 0.00000312. The summed E-state index contributed by atoms with van der Waals surface area (Å²) in [7, 11) is 0. The molecule has 2 N–H and O–H groups in total. The molecular formula is C18H14Na2O6+2. The summed E-state index contributed by atoms with van der Waals surface area (Å²) in [5, 5.41) is 17.3. The molecule has 0 aliphatic rings. The number of hydrogen-bond acceptors (Lipinski definition) is 4. The molecular weight excluding hydrogens is 358 g/mol. The van der Waals surface area contributed by atoms with E-state index in [2.05, 4.69) is 0 Å². The van der Waals surface area contributed by atoms with Gasteiger partial charge in [0.1, 0.15) is 5.75 Å². The maximum atomic E-state index is 12.0. The second-order valence-electron chi connectivity index (χ2n) is 4.83. The first kappa shape index (κ1) is 24.6. The number of hydrogen-bond donors (Lipinski definition) is 2. The van der Waals surface area contributed by atoms with Crippen LogP contribution in [0.15, 0.2) is 54.6 Å². The van der Waals surface area contributed by atoms with Crippen LogP contribution >= 0.6 is 0 Å². The summed E-state index contributed by atoms with van der Waals surface area (Å²) >= 11 is 0. The van der Waals surface area contributed by atoms with Gasteiger partial charge in [-0.2, -0.15) is 0 Å². The molecule has 0 heterocycles. The van der Waals surface area contributed by atoms with Gasteiger partial charge in [0.05, 0.1) is 5.56 Å². The van der Waals surface area contributed by atoms with Gasteiger partial charge in [0.25, 0.3) is 0 Å². The fourth-order valence-electron chi connectivity index (χ4n) is 1.87. The van der Waals surface area contributed by atoms with Gasteiger partial charge in [-0.1, -0.05) is 30.3 Å². The van der Waals surface area contributed by atoms with Crippen molar-refractivity contribution < 1.29 is 88.4 Å². The number of benzene rings is 2. The molecule has 0 saturated heterocycles. The standard InChI is InChI=1S/C18H14O6.2Na/c19-16(13-4-6-14(7-5-13)18(22)23)10-3-12-1-8-15(9-2-12)24-11-17(20)21;;/h1-10H,11H2,(H,20,21)(H,22,23);;/q;2*+1/b10-3+;;. The van der Waals surface area contributed by atoms with Gasteiger partial charge in [-0.25, -0.2) is 9.59 Å². The average molecular weight is 372 g/mol. The number of allylic oxidation sites excluding steroid dienone is 1. The van der Waals surface area contributed by atoms with Gasteiger partial charge >= 0.3 is 71.1 Å². The molecule has 0 amide bonds. The fourth-order valence-corrected chi connectivity index (χ4v) is 1.87. The largest absolute Gasteiger partial charge is 1.00 e. The predicted molar refractivity (Wildman–Crippen MR) is 86.3 cm³/mol. The number of aliphatic carboxylic acids is 1. The second kappa shape index (κ2) is 12.1. The van der Waals surface area contributed by atoms with Gasteiger partial charge in [0.2, 0.25) is 0 Å². The Morgan fingerprint density at radius 2 is 1.38 bits per heavy atom. The molecule has 0 atom stereocenters. The number of carbonyl (C=O) groups is 3. The Hall–Kier alpha value is -1.41. The van der Waals surface area contributed by atoms with Crippen molar-refractivity contribution in [3.8, 4) is 5.75 Å². The van der Waals surface area contributed by atoms with Crippen LogP contribution in [0, 0.1) is 0 Å². The summed E-state index contributed by atoms with van der Waals surface area (Å²) in [6, 6.07) is 12.3. The van der Waals surface area contributed by atoms with E-state index < -0.39 is 18.5 Å². The van der Waals surface area contributed by atoms with Gasteiger partial charge in [-0.15, -0.1) is 0 Å². The van der Waals surface area contributed by atoms with Crippen LogP contribution in [-0.2, 0) is 4.79 Å². The smallest absolute Gasteiger partial charge is 0.482 e. The Kier molecular flexibility index (Phi) is 11.4. The van der Waals surface area contributed by atoms with E-state index in [1.54, 1.807) is 30.3 Å². The quantitative estimate of drug-likeness (QED) is 0.301. The van der Waals surface area contributed by atoms with Crippen molar-refractivity contribution >= 4 is 23.8 Å². The van der Waals surface area contributed by atoms with Crippen LogP contribution in [0.2, 0.25) is 0 Å². The van der Waals surface area contributed by atoms with Gasteiger partial charge < -0.3 is 14.9 Å². The molecule has 0 spiro atoms. The van der Waals surface area contributed by atoms with Gasteiger partial charge in [0.15, 0.2) is 12.4 Å². The SMILES string of the molecule is O=C(O)COc1ccc(/C=C/C(=O)c2ccc(C(=O)O)cc2)cc1.[Na+].[Na+]. The van der Waals surface area contributed by atoms with Crippen LogP contribution in [0.5, 0.6) is 5.75 Å². The number of ketones is 1. The Morgan fingerprint density at radius 3 is 1.88 bits per heavy atom. The fraction of sp³-hybridized carbons (Fsp3) is 0.0556. The van der Waals surface area contributed by atoms with E-state index in [9.17, 15) is 14.4 Å². The van der Waals surface area contributed by atoms with E-state index in [0.717, 1.165) is 5.56 Å². The number of carboxylic acid groups (broad SMARTS) is 2. The molecule has 0 unspecified atom stereocenters. The van der Waals surface area contributed by atoms with Gasteiger partial charge in [0, 0.05) is 5.56 Å². The molecule has 6 nitrogen and oxygen atoms in total. The van der Waals surface area contributed by atoms with Crippen LogP contribution < -0.4 is 63.9 Å². The van der Waals surface area contributed by atoms with Crippen molar-refractivity contribution in [2.45, 2.75) is 0 Å². The molecule has 26 heavy (non-hydrogen) atoms. The van der Waals surface area contributed by atoms with E-state index in [0.29, 0.717) is 11.3 Å². The maximum absolute atomic E-state index is 12.0. The van der Waals surface area contributed by atoms with Crippen LogP contribution in [0.3, 0.4) is 0 Å². The van der Waals surface area contributed by atoms with Crippen LogP contribution in [0.4, 0.5) is 0 Å². The first-order valence-electron chi connectivity index (χ1n) is 6.96. The van der Waals surface area contributed by atoms with Gasteiger partial charge in [-0.3, -0.25) is 4.79 Å². The zero-order valence-electron chi connectivity index (χ0n) is 14.5. The number of aromatic carboxylic acids is 1. The third-order valence-electron chi connectivity index (χ3n) is 3.09. The van der Waals surface area contributed by atoms with E-state index >= 15 is 0 Å². The molecule has 0 bridgehead atoms. The predicted octanol–water partition coefficient (Wildman–Crippen LogP) is -3.25. The monoisotopic (exact) mass is 372 g/mol. The molecule has 122 valence electrons. The Morgan fingerprint density at radius 1 is 0.846 bits per heavy atom. The summed E-state index contributed by atoms with van der Waals surface area (Å²) in [6.45, 7) is -0.417. The summed E-state index contributed by atoms with van der Waals surface area (Å²) in [4.78, 5) is 33.2. The first-order valence-corrected chi connectivity index (χ1v) is 6.96. The zero-order chi connectivity index (χ0) is 17.5. The zero-order valence-corrected chi connectivity index (χ0v) is 18.5. The summed E-state index contributed by atoms with van der Waals surface area (Å²) in [5.41, 5.74) is 1.25. The Bertz CT molecular complexity index is 782. The third-order valence-corrected chi connectivity index (χ3v) is 3.09. The van der Waals surface area contributed by atoms with Crippen molar-refractivity contribution in [2.75, 3.05) is 6.61 Å². The summed E-state index contributed by atoms with van der Waals surface area (Å²) in [5.74, 6) is -1.93. The van der Waals surface area contributed by atoms with Crippen molar-refractivity contribution in [3.63, 3.8) is 0 Å².